The van der Waals surface area contributed by atoms with Crippen LogP contribution in [0.1, 0.15) is 5.56 Å². The average Bonchev–Trinajstić information content (AvgIpc) is 2.59. The molecule has 2 aromatic carbocycles. The van der Waals surface area contributed by atoms with E-state index in [9.17, 15) is 4.79 Å². The van der Waals surface area contributed by atoms with E-state index >= 15 is 0 Å². The molecule has 0 saturated carbocycles. The quantitative estimate of drug-likeness (QED) is 0.861. The van der Waals surface area contributed by atoms with Crippen LogP contribution in [0.3, 0.4) is 0 Å². The van der Waals surface area contributed by atoms with Gasteiger partial charge in [-0.1, -0.05) is 29.8 Å². The fourth-order valence-electron chi connectivity index (χ4n) is 2.24. The van der Waals surface area contributed by atoms with E-state index in [1.165, 1.54) is 5.56 Å². The monoisotopic (exact) mass is 313 g/mol. The van der Waals surface area contributed by atoms with Crippen molar-refractivity contribution < 1.29 is 19.0 Å². The van der Waals surface area contributed by atoms with E-state index in [-0.39, 0.29) is 12.5 Å². The van der Waals surface area contributed by atoms with Gasteiger partial charge in [0.05, 0.1) is 6.54 Å². The third-order valence-electron chi connectivity index (χ3n) is 3.49. The first-order valence-corrected chi connectivity index (χ1v) is 7.58. The van der Waals surface area contributed by atoms with Gasteiger partial charge in [0.15, 0.2) is 11.5 Å². The Kier molecular flexibility index (Phi) is 4.66. The minimum absolute atomic E-state index is 0.202. The molecule has 5 nitrogen and oxygen atoms in total. The second-order valence-corrected chi connectivity index (χ2v) is 5.32. The Labute approximate surface area is 135 Å². The van der Waals surface area contributed by atoms with Crippen LogP contribution < -0.4 is 19.5 Å². The fraction of sp³-hybridized carbons (Fsp3) is 0.278. The van der Waals surface area contributed by atoms with Crippen LogP contribution in [-0.2, 0) is 4.79 Å². The lowest BCUT2D eigenvalue weighted by molar-refractivity contribution is -0.130. The molecule has 1 N–H and O–H groups in total. The number of rotatable bonds is 5. The highest BCUT2D eigenvalue weighted by molar-refractivity contribution is 5.81. The zero-order chi connectivity index (χ0) is 16.1. The largest absolute Gasteiger partial charge is 0.492 e. The molecule has 0 bridgehead atoms. The molecule has 1 heterocycles. The first kappa shape index (κ1) is 15.2. The zero-order valence-corrected chi connectivity index (χ0v) is 13.0. The van der Waals surface area contributed by atoms with Gasteiger partial charge in [0, 0.05) is 0 Å². The Morgan fingerprint density at radius 3 is 2.70 bits per heavy atom. The summed E-state index contributed by atoms with van der Waals surface area (Å²) in [6.07, 6.45) is -0.635. The van der Waals surface area contributed by atoms with Gasteiger partial charge in [0.2, 0.25) is 6.10 Å². The van der Waals surface area contributed by atoms with Crippen molar-refractivity contribution >= 4 is 5.91 Å². The highest BCUT2D eigenvalue weighted by atomic mass is 16.6. The predicted molar refractivity (Wildman–Crippen MR) is 86.0 cm³/mol. The van der Waals surface area contributed by atoms with Crippen LogP contribution in [0.15, 0.2) is 48.5 Å². The Morgan fingerprint density at radius 1 is 1.17 bits per heavy atom. The van der Waals surface area contributed by atoms with Crippen LogP contribution in [0.4, 0.5) is 0 Å². The van der Waals surface area contributed by atoms with Crippen LogP contribution in [-0.4, -0.2) is 31.8 Å². The third kappa shape index (κ3) is 3.94. The summed E-state index contributed by atoms with van der Waals surface area (Å²) in [5.74, 6) is 1.84. The van der Waals surface area contributed by atoms with E-state index in [0.717, 1.165) is 5.75 Å². The number of benzene rings is 2. The van der Waals surface area contributed by atoms with Crippen molar-refractivity contribution in [2.45, 2.75) is 13.0 Å². The predicted octanol–water partition coefficient (Wildman–Crippen LogP) is 2.33. The molecule has 0 aromatic heterocycles. The molecule has 1 aliphatic rings. The molecule has 1 unspecified atom stereocenters. The lowest BCUT2D eigenvalue weighted by Crippen LogP contribution is -2.45. The SMILES string of the molecule is Cc1ccc(OCCNC(=O)C2COc3ccccc3O2)cc1. The van der Waals surface area contributed by atoms with Crippen molar-refractivity contribution in [1.29, 1.82) is 0 Å². The Bertz CT molecular complexity index is 669. The minimum atomic E-state index is -0.635. The number of ether oxygens (including phenoxy) is 3. The molecule has 0 radical (unpaired) electrons. The molecule has 1 amide bonds. The van der Waals surface area contributed by atoms with Gasteiger partial charge in [-0.2, -0.15) is 0 Å². The van der Waals surface area contributed by atoms with Crippen molar-refractivity contribution in [1.82, 2.24) is 5.32 Å². The number of hydrogen-bond donors (Lipinski definition) is 1. The highest BCUT2D eigenvalue weighted by Crippen LogP contribution is 2.30. The van der Waals surface area contributed by atoms with Gasteiger partial charge >= 0.3 is 0 Å². The number of carbonyl (C=O) groups is 1. The second-order valence-electron chi connectivity index (χ2n) is 5.32. The van der Waals surface area contributed by atoms with Gasteiger partial charge in [0.25, 0.3) is 5.91 Å². The number of amides is 1. The summed E-state index contributed by atoms with van der Waals surface area (Å²) < 4.78 is 16.7. The van der Waals surface area contributed by atoms with Gasteiger partial charge < -0.3 is 19.5 Å². The molecule has 23 heavy (non-hydrogen) atoms. The maximum Gasteiger partial charge on any atom is 0.264 e. The lowest BCUT2D eigenvalue weighted by atomic mass is 10.2. The lowest BCUT2D eigenvalue weighted by Gasteiger charge is -2.25. The number of nitrogens with one attached hydrogen (secondary N) is 1. The summed E-state index contributed by atoms with van der Waals surface area (Å²) in [7, 11) is 0. The molecule has 3 rings (SSSR count). The Morgan fingerprint density at radius 2 is 1.91 bits per heavy atom. The van der Waals surface area contributed by atoms with Crippen LogP contribution in [0.25, 0.3) is 0 Å². The van der Waals surface area contributed by atoms with Crippen LogP contribution in [0, 0.1) is 6.92 Å². The van der Waals surface area contributed by atoms with Crippen LogP contribution in [0.5, 0.6) is 17.2 Å². The summed E-state index contributed by atoms with van der Waals surface area (Å²) in [4.78, 5) is 12.1. The number of carbonyl (C=O) groups excluding carboxylic acids is 1. The van der Waals surface area contributed by atoms with E-state index in [2.05, 4.69) is 5.32 Å². The van der Waals surface area contributed by atoms with Crippen molar-refractivity contribution in [2.24, 2.45) is 0 Å². The molecular formula is C18H19NO4. The zero-order valence-electron chi connectivity index (χ0n) is 13.0. The van der Waals surface area contributed by atoms with E-state index < -0.39 is 6.10 Å². The maximum absolute atomic E-state index is 12.1. The van der Waals surface area contributed by atoms with Gasteiger partial charge in [-0.3, -0.25) is 4.79 Å². The summed E-state index contributed by atoms with van der Waals surface area (Å²) in [5, 5.41) is 2.80. The highest BCUT2D eigenvalue weighted by Gasteiger charge is 2.26. The molecule has 0 fully saturated rings. The van der Waals surface area contributed by atoms with Gasteiger partial charge in [0.1, 0.15) is 19.0 Å². The van der Waals surface area contributed by atoms with E-state index in [0.29, 0.717) is 24.7 Å². The van der Waals surface area contributed by atoms with E-state index in [1.807, 2.05) is 49.4 Å². The fourth-order valence-corrected chi connectivity index (χ4v) is 2.24. The van der Waals surface area contributed by atoms with E-state index in [4.69, 9.17) is 14.2 Å². The minimum Gasteiger partial charge on any atom is -0.492 e. The van der Waals surface area contributed by atoms with Crippen LogP contribution in [0.2, 0.25) is 0 Å². The molecule has 0 aliphatic carbocycles. The Balaban J connectivity index is 1.42. The van der Waals surface area contributed by atoms with E-state index in [1.54, 1.807) is 6.07 Å². The molecule has 1 aliphatic heterocycles. The van der Waals surface area contributed by atoms with Crippen molar-refractivity contribution in [3.63, 3.8) is 0 Å². The molecule has 2 aromatic rings. The molecular weight excluding hydrogens is 294 g/mol. The van der Waals surface area contributed by atoms with Crippen molar-refractivity contribution in [2.75, 3.05) is 19.8 Å². The molecule has 120 valence electrons. The van der Waals surface area contributed by atoms with Gasteiger partial charge in [-0.05, 0) is 31.2 Å². The number of hydrogen-bond acceptors (Lipinski definition) is 4. The maximum atomic E-state index is 12.1. The normalized spacial score (nSPS) is 15.8. The van der Waals surface area contributed by atoms with Crippen LogP contribution >= 0.6 is 0 Å². The summed E-state index contributed by atoms with van der Waals surface area (Å²) in [6.45, 7) is 3.04. The Hall–Kier alpha value is -2.69. The first-order valence-electron chi connectivity index (χ1n) is 7.58. The smallest absolute Gasteiger partial charge is 0.264 e. The molecule has 5 heteroatoms. The van der Waals surface area contributed by atoms with Gasteiger partial charge in [-0.15, -0.1) is 0 Å². The number of aryl methyl sites for hydroxylation is 1. The molecule has 0 saturated heterocycles. The molecule has 0 spiro atoms. The van der Waals surface area contributed by atoms with Gasteiger partial charge in [-0.25, -0.2) is 0 Å². The second kappa shape index (κ2) is 7.05. The average molecular weight is 313 g/mol. The summed E-state index contributed by atoms with van der Waals surface area (Å²) >= 11 is 0. The number of fused-ring (bicyclic) bond motifs is 1. The first-order chi connectivity index (χ1) is 11.2. The third-order valence-corrected chi connectivity index (χ3v) is 3.49. The van der Waals surface area contributed by atoms with Crippen molar-refractivity contribution in [3.05, 3.63) is 54.1 Å². The summed E-state index contributed by atoms with van der Waals surface area (Å²) in [6, 6.07) is 15.1. The topological polar surface area (TPSA) is 56.8 Å². The standard InChI is InChI=1S/C18H19NO4/c1-13-6-8-14(9-7-13)21-11-10-19-18(20)17-12-22-15-4-2-3-5-16(15)23-17/h2-9,17H,10-12H2,1H3,(H,19,20). The van der Waals surface area contributed by atoms with Crippen molar-refractivity contribution in [3.8, 4) is 17.2 Å². The number of para-hydroxylation sites is 2. The summed E-state index contributed by atoms with van der Waals surface area (Å²) in [5.41, 5.74) is 1.18. The molecule has 1 atom stereocenters.